The number of ether oxygens (including phenoxy) is 2. The molecule has 1 amide bonds. The van der Waals surface area contributed by atoms with Crippen LogP contribution in [0, 0.1) is 5.92 Å². The summed E-state index contributed by atoms with van der Waals surface area (Å²) in [6.45, 7) is -0.776. The SMILES string of the molecule is NCCCOCC1CCC(NC(=O)c2cnc3cc(OC(F)F)ccc3c2)CC1. The lowest BCUT2D eigenvalue weighted by Crippen LogP contribution is -2.38. The maximum Gasteiger partial charge on any atom is 0.387 e. The first-order valence-electron chi connectivity index (χ1n) is 9.98. The normalized spacial score (nSPS) is 19.4. The topological polar surface area (TPSA) is 86.5 Å². The average Bonchev–Trinajstić information content (AvgIpc) is 2.71. The Bertz CT molecular complexity index is 811. The first-order chi connectivity index (χ1) is 14.0. The Balaban J connectivity index is 1.51. The number of amides is 1. The number of hydrogen-bond donors (Lipinski definition) is 2. The number of aromatic nitrogens is 1. The van der Waals surface area contributed by atoms with Crippen molar-refractivity contribution in [1.82, 2.24) is 10.3 Å². The molecular formula is C21H27F2N3O3. The molecule has 3 rings (SSSR count). The largest absolute Gasteiger partial charge is 0.435 e. The van der Waals surface area contributed by atoms with Crippen LogP contribution in [-0.4, -0.2) is 43.3 Å². The third-order valence-electron chi connectivity index (χ3n) is 5.17. The maximum atomic E-state index is 12.6. The summed E-state index contributed by atoms with van der Waals surface area (Å²) in [5, 5.41) is 3.77. The molecule has 158 valence electrons. The minimum Gasteiger partial charge on any atom is -0.435 e. The van der Waals surface area contributed by atoms with Crippen LogP contribution in [0.5, 0.6) is 5.75 Å². The fourth-order valence-electron chi connectivity index (χ4n) is 3.58. The Morgan fingerprint density at radius 3 is 2.76 bits per heavy atom. The molecule has 1 aliphatic rings. The Hall–Kier alpha value is -2.32. The first kappa shape index (κ1) is 21.4. The molecule has 1 heterocycles. The molecule has 2 aromatic rings. The molecule has 1 aromatic heterocycles. The van der Waals surface area contributed by atoms with Gasteiger partial charge in [-0.25, -0.2) is 0 Å². The number of halogens is 2. The highest BCUT2D eigenvalue weighted by molar-refractivity contribution is 5.97. The fraction of sp³-hybridized carbons (Fsp3) is 0.524. The van der Waals surface area contributed by atoms with Crippen molar-refractivity contribution >= 4 is 16.8 Å². The third kappa shape index (κ3) is 6.33. The van der Waals surface area contributed by atoms with E-state index in [0.29, 0.717) is 35.5 Å². The number of fused-ring (bicyclic) bond motifs is 1. The van der Waals surface area contributed by atoms with Gasteiger partial charge in [-0.1, -0.05) is 0 Å². The van der Waals surface area contributed by atoms with Crippen molar-refractivity contribution in [3.05, 3.63) is 36.0 Å². The van der Waals surface area contributed by atoms with Crippen LogP contribution < -0.4 is 15.8 Å². The highest BCUT2D eigenvalue weighted by Crippen LogP contribution is 2.25. The van der Waals surface area contributed by atoms with Gasteiger partial charge in [0.1, 0.15) is 5.75 Å². The quantitative estimate of drug-likeness (QED) is 0.622. The zero-order chi connectivity index (χ0) is 20.6. The summed E-state index contributed by atoms with van der Waals surface area (Å²) in [4.78, 5) is 16.8. The lowest BCUT2D eigenvalue weighted by molar-refractivity contribution is -0.0497. The summed E-state index contributed by atoms with van der Waals surface area (Å²) < 4.78 is 34.7. The first-order valence-corrected chi connectivity index (χ1v) is 9.98. The van der Waals surface area contributed by atoms with E-state index in [1.54, 1.807) is 12.1 Å². The number of nitrogens with one attached hydrogen (secondary N) is 1. The highest BCUT2D eigenvalue weighted by atomic mass is 19.3. The van der Waals surface area contributed by atoms with Crippen molar-refractivity contribution in [2.75, 3.05) is 19.8 Å². The predicted molar refractivity (Wildman–Crippen MR) is 106 cm³/mol. The number of nitrogens with two attached hydrogens (primary N) is 1. The molecule has 0 aliphatic heterocycles. The van der Waals surface area contributed by atoms with E-state index in [1.165, 1.54) is 18.3 Å². The highest BCUT2D eigenvalue weighted by Gasteiger charge is 2.23. The number of carbonyl (C=O) groups excluding carboxylic acids is 1. The van der Waals surface area contributed by atoms with Crippen LogP contribution in [-0.2, 0) is 4.74 Å². The lowest BCUT2D eigenvalue weighted by Gasteiger charge is -2.29. The van der Waals surface area contributed by atoms with Gasteiger partial charge in [-0.15, -0.1) is 0 Å². The minimum atomic E-state index is -2.88. The van der Waals surface area contributed by atoms with E-state index in [2.05, 4.69) is 15.0 Å². The fourth-order valence-corrected chi connectivity index (χ4v) is 3.58. The molecule has 0 atom stereocenters. The molecule has 3 N–H and O–H groups in total. The van der Waals surface area contributed by atoms with Crippen LogP contribution in [0.2, 0.25) is 0 Å². The van der Waals surface area contributed by atoms with Gasteiger partial charge in [0, 0.05) is 36.9 Å². The molecule has 0 radical (unpaired) electrons. The van der Waals surface area contributed by atoms with E-state index in [0.717, 1.165) is 38.7 Å². The van der Waals surface area contributed by atoms with Crippen LogP contribution in [0.15, 0.2) is 30.5 Å². The van der Waals surface area contributed by atoms with Gasteiger partial charge in [-0.05, 0) is 62.8 Å². The summed E-state index contributed by atoms with van der Waals surface area (Å²) >= 11 is 0. The molecule has 1 fully saturated rings. The van der Waals surface area contributed by atoms with Crippen molar-refractivity contribution in [3.8, 4) is 5.75 Å². The number of alkyl halides is 2. The summed E-state index contributed by atoms with van der Waals surface area (Å²) in [6.07, 6.45) is 6.23. The Labute approximate surface area is 168 Å². The molecule has 0 spiro atoms. The molecule has 0 saturated heterocycles. The zero-order valence-electron chi connectivity index (χ0n) is 16.3. The lowest BCUT2D eigenvalue weighted by atomic mass is 9.86. The molecule has 8 heteroatoms. The maximum absolute atomic E-state index is 12.6. The summed E-state index contributed by atoms with van der Waals surface area (Å²) in [5.41, 5.74) is 6.40. The Morgan fingerprint density at radius 2 is 2.03 bits per heavy atom. The second kappa shape index (κ2) is 10.5. The Kier molecular flexibility index (Phi) is 7.71. The second-order valence-corrected chi connectivity index (χ2v) is 7.37. The van der Waals surface area contributed by atoms with Crippen LogP contribution in [0.4, 0.5) is 8.78 Å². The zero-order valence-corrected chi connectivity index (χ0v) is 16.3. The molecule has 1 aliphatic carbocycles. The second-order valence-electron chi connectivity index (χ2n) is 7.37. The standard InChI is InChI=1S/C21H27F2N3O3/c22-21(23)29-18-7-4-15-10-16(12-25-19(15)11-18)20(27)26-17-5-2-14(3-6-17)13-28-9-1-8-24/h4,7,10-12,14,17,21H,1-3,5-6,8-9,13,24H2,(H,26,27). The smallest absolute Gasteiger partial charge is 0.387 e. The van der Waals surface area contributed by atoms with Crippen molar-refractivity contribution in [2.24, 2.45) is 11.7 Å². The van der Waals surface area contributed by atoms with Gasteiger partial charge in [0.2, 0.25) is 0 Å². The molecule has 1 saturated carbocycles. The molecule has 0 unspecified atom stereocenters. The van der Waals surface area contributed by atoms with Gasteiger partial charge in [0.25, 0.3) is 5.91 Å². The number of carbonyl (C=O) groups is 1. The summed E-state index contributed by atoms with van der Waals surface area (Å²) in [6, 6.07) is 6.34. The monoisotopic (exact) mass is 407 g/mol. The van der Waals surface area contributed by atoms with E-state index >= 15 is 0 Å². The number of hydrogen-bond acceptors (Lipinski definition) is 5. The van der Waals surface area contributed by atoms with Crippen molar-refractivity contribution in [2.45, 2.75) is 44.8 Å². The van der Waals surface area contributed by atoms with Gasteiger partial charge >= 0.3 is 6.61 Å². The number of benzene rings is 1. The third-order valence-corrected chi connectivity index (χ3v) is 5.17. The van der Waals surface area contributed by atoms with Crippen LogP contribution in [0.1, 0.15) is 42.5 Å². The van der Waals surface area contributed by atoms with Crippen LogP contribution >= 0.6 is 0 Å². The van der Waals surface area contributed by atoms with Crippen molar-refractivity contribution in [1.29, 1.82) is 0 Å². The number of nitrogens with zero attached hydrogens (tertiary/aromatic N) is 1. The van der Waals surface area contributed by atoms with E-state index in [4.69, 9.17) is 10.5 Å². The average molecular weight is 407 g/mol. The van der Waals surface area contributed by atoms with E-state index in [1.807, 2.05) is 0 Å². The van der Waals surface area contributed by atoms with Crippen LogP contribution in [0.3, 0.4) is 0 Å². The predicted octanol–water partition coefficient (Wildman–Crippen LogP) is 3.49. The van der Waals surface area contributed by atoms with Gasteiger partial charge < -0.3 is 20.5 Å². The number of rotatable bonds is 9. The molecule has 0 bridgehead atoms. The number of pyridine rings is 1. The van der Waals surface area contributed by atoms with Gasteiger partial charge in [-0.2, -0.15) is 8.78 Å². The summed E-state index contributed by atoms with van der Waals surface area (Å²) in [7, 11) is 0. The Morgan fingerprint density at radius 1 is 1.24 bits per heavy atom. The molecule has 29 heavy (non-hydrogen) atoms. The molecule has 6 nitrogen and oxygen atoms in total. The van der Waals surface area contributed by atoms with Crippen molar-refractivity contribution < 1.29 is 23.0 Å². The molecule has 1 aromatic carbocycles. The summed E-state index contributed by atoms with van der Waals surface area (Å²) in [5.74, 6) is 0.406. The van der Waals surface area contributed by atoms with Crippen LogP contribution in [0.25, 0.3) is 10.9 Å². The van der Waals surface area contributed by atoms with E-state index < -0.39 is 6.61 Å². The minimum absolute atomic E-state index is 0.0426. The van der Waals surface area contributed by atoms with Gasteiger partial charge in [-0.3, -0.25) is 9.78 Å². The van der Waals surface area contributed by atoms with Gasteiger partial charge in [0.15, 0.2) is 0 Å². The van der Waals surface area contributed by atoms with E-state index in [9.17, 15) is 13.6 Å². The molecular weight excluding hydrogens is 380 g/mol. The van der Waals surface area contributed by atoms with Crippen molar-refractivity contribution in [3.63, 3.8) is 0 Å². The van der Waals surface area contributed by atoms with Gasteiger partial charge in [0.05, 0.1) is 11.1 Å². The van der Waals surface area contributed by atoms with E-state index in [-0.39, 0.29) is 17.7 Å².